The zero-order valence-electron chi connectivity index (χ0n) is 10.9. The SMILES string of the molecule is C[C@H](O)c1ccc(F)cc1OCCCOCC(F)(F)F. The van der Waals surface area contributed by atoms with Crippen LogP contribution in [0.25, 0.3) is 0 Å². The van der Waals surface area contributed by atoms with Crippen LogP contribution in [0.4, 0.5) is 17.6 Å². The molecular weight excluding hydrogens is 280 g/mol. The van der Waals surface area contributed by atoms with Gasteiger partial charge >= 0.3 is 6.18 Å². The predicted molar refractivity (Wildman–Crippen MR) is 64.0 cm³/mol. The summed E-state index contributed by atoms with van der Waals surface area (Å²) < 4.78 is 58.1. The van der Waals surface area contributed by atoms with Crippen molar-refractivity contribution < 1.29 is 32.1 Å². The van der Waals surface area contributed by atoms with Crippen LogP contribution < -0.4 is 4.74 Å². The number of hydrogen-bond donors (Lipinski definition) is 1. The van der Waals surface area contributed by atoms with E-state index < -0.39 is 24.7 Å². The third-order valence-electron chi connectivity index (χ3n) is 2.38. The highest BCUT2D eigenvalue weighted by Crippen LogP contribution is 2.26. The molecule has 1 rings (SSSR count). The number of alkyl halides is 3. The highest BCUT2D eigenvalue weighted by atomic mass is 19.4. The zero-order chi connectivity index (χ0) is 15.2. The molecule has 0 aliphatic heterocycles. The number of benzene rings is 1. The molecule has 0 bridgehead atoms. The van der Waals surface area contributed by atoms with Gasteiger partial charge in [-0.2, -0.15) is 13.2 Å². The van der Waals surface area contributed by atoms with E-state index in [0.717, 1.165) is 6.07 Å². The molecule has 0 aliphatic rings. The molecule has 0 spiro atoms. The average Bonchev–Trinajstić information content (AvgIpc) is 2.32. The zero-order valence-corrected chi connectivity index (χ0v) is 10.9. The lowest BCUT2D eigenvalue weighted by Crippen LogP contribution is -2.18. The molecule has 114 valence electrons. The lowest BCUT2D eigenvalue weighted by atomic mass is 10.1. The van der Waals surface area contributed by atoms with Crippen LogP contribution >= 0.6 is 0 Å². The fraction of sp³-hybridized carbons (Fsp3) is 0.538. The minimum Gasteiger partial charge on any atom is -0.493 e. The standard InChI is InChI=1S/C13H16F4O3/c1-9(18)11-4-3-10(14)7-12(11)20-6-2-5-19-8-13(15,16)17/h3-4,7,9,18H,2,5-6,8H2,1H3/t9-/m0/s1. The minimum absolute atomic E-state index is 0.0705. The third-order valence-corrected chi connectivity index (χ3v) is 2.38. The highest BCUT2D eigenvalue weighted by molar-refractivity contribution is 5.35. The normalized spacial score (nSPS) is 13.3. The van der Waals surface area contributed by atoms with Crippen molar-refractivity contribution in [1.82, 2.24) is 0 Å². The molecule has 1 aromatic rings. The average molecular weight is 296 g/mol. The van der Waals surface area contributed by atoms with Crippen molar-refractivity contribution in [3.63, 3.8) is 0 Å². The molecule has 0 radical (unpaired) electrons. The van der Waals surface area contributed by atoms with Gasteiger partial charge in [-0.25, -0.2) is 4.39 Å². The van der Waals surface area contributed by atoms with Gasteiger partial charge in [0.1, 0.15) is 18.2 Å². The Balaban J connectivity index is 2.37. The van der Waals surface area contributed by atoms with Crippen LogP contribution in [0.2, 0.25) is 0 Å². The maximum atomic E-state index is 13.1. The van der Waals surface area contributed by atoms with Gasteiger partial charge in [0.05, 0.1) is 19.3 Å². The largest absolute Gasteiger partial charge is 0.493 e. The Kier molecular flexibility index (Phi) is 6.22. The van der Waals surface area contributed by atoms with Crippen LogP contribution in [-0.4, -0.2) is 31.1 Å². The number of hydrogen-bond acceptors (Lipinski definition) is 3. The van der Waals surface area contributed by atoms with Crippen LogP contribution in [0.15, 0.2) is 18.2 Å². The summed E-state index contributed by atoms with van der Waals surface area (Å²) >= 11 is 0. The highest BCUT2D eigenvalue weighted by Gasteiger charge is 2.27. The van der Waals surface area contributed by atoms with Gasteiger partial charge in [0, 0.05) is 18.1 Å². The summed E-state index contributed by atoms with van der Waals surface area (Å²) in [5, 5.41) is 9.47. The van der Waals surface area contributed by atoms with Crippen LogP contribution in [0.5, 0.6) is 5.75 Å². The Morgan fingerprint density at radius 2 is 1.95 bits per heavy atom. The molecule has 1 aromatic carbocycles. The molecule has 3 nitrogen and oxygen atoms in total. The number of aliphatic hydroxyl groups excluding tert-OH is 1. The van der Waals surface area contributed by atoms with Crippen molar-refractivity contribution in [3.8, 4) is 5.75 Å². The number of aliphatic hydroxyl groups is 1. The van der Waals surface area contributed by atoms with Gasteiger partial charge in [0.2, 0.25) is 0 Å². The fourth-order valence-corrected chi connectivity index (χ4v) is 1.51. The summed E-state index contributed by atoms with van der Waals surface area (Å²) in [7, 11) is 0. The molecule has 0 aliphatic carbocycles. The second-order valence-electron chi connectivity index (χ2n) is 4.23. The van der Waals surface area contributed by atoms with E-state index in [0.29, 0.717) is 5.56 Å². The van der Waals surface area contributed by atoms with E-state index >= 15 is 0 Å². The molecule has 0 saturated heterocycles. The minimum atomic E-state index is -4.34. The molecule has 0 saturated carbocycles. The Morgan fingerprint density at radius 3 is 2.55 bits per heavy atom. The summed E-state index contributed by atoms with van der Waals surface area (Å²) in [6.07, 6.45) is -4.94. The van der Waals surface area contributed by atoms with Crippen molar-refractivity contribution in [2.75, 3.05) is 19.8 Å². The van der Waals surface area contributed by atoms with Crippen LogP contribution in [0.1, 0.15) is 25.0 Å². The second kappa shape index (κ2) is 7.44. The summed E-state index contributed by atoms with van der Waals surface area (Å²) in [6, 6.07) is 3.72. The second-order valence-corrected chi connectivity index (χ2v) is 4.23. The quantitative estimate of drug-likeness (QED) is 0.620. The van der Waals surface area contributed by atoms with Crippen molar-refractivity contribution >= 4 is 0 Å². The lowest BCUT2D eigenvalue weighted by Gasteiger charge is -2.13. The summed E-state index contributed by atoms with van der Waals surface area (Å²) in [5.41, 5.74) is 0.419. The number of rotatable bonds is 7. The van der Waals surface area contributed by atoms with Gasteiger partial charge in [-0.1, -0.05) is 0 Å². The smallest absolute Gasteiger partial charge is 0.411 e. The van der Waals surface area contributed by atoms with E-state index in [9.17, 15) is 22.7 Å². The van der Waals surface area contributed by atoms with E-state index in [1.807, 2.05) is 0 Å². The molecule has 0 aromatic heterocycles. The maximum Gasteiger partial charge on any atom is 0.411 e. The first-order valence-corrected chi connectivity index (χ1v) is 6.04. The Bertz CT molecular complexity index is 419. The lowest BCUT2D eigenvalue weighted by molar-refractivity contribution is -0.174. The number of ether oxygens (including phenoxy) is 2. The molecule has 20 heavy (non-hydrogen) atoms. The van der Waals surface area contributed by atoms with Gasteiger partial charge < -0.3 is 14.6 Å². The van der Waals surface area contributed by atoms with Gasteiger partial charge in [-0.3, -0.25) is 0 Å². The summed E-state index contributed by atoms with van der Waals surface area (Å²) in [4.78, 5) is 0. The molecule has 0 fully saturated rings. The monoisotopic (exact) mass is 296 g/mol. The van der Waals surface area contributed by atoms with Gasteiger partial charge in [0.25, 0.3) is 0 Å². The first kappa shape index (κ1) is 16.7. The molecule has 0 amide bonds. The predicted octanol–water partition coefficient (Wildman–Crippen LogP) is 3.23. The summed E-state index contributed by atoms with van der Waals surface area (Å²) in [5.74, 6) is -0.339. The molecule has 1 N–H and O–H groups in total. The van der Waals surface area contributed by atoms with Crippen LogP contribution in [0.3, 0.4) is 0 Å². The van der Waals surface area contributed by atoms with E-state index in [-0.39, 0.29) is 25.4 Å². The maximum absolute atomic E-state index is 13.1. The molecule has 7 heteroatoms. The van der Waals surface area contributed by atoms with Crippen molar-refractivity contribution in [2.24, 2.45) is 0 Å². The summed E-state index contributed by atoms with van der Waals surface area (Å²) in [6.45, 7) is 0.165. The van der Waals surface area contributed by atoms with Crippen LogP contribution in [0, 0.1) is 5.82 Å². The first-order chi connectivity index (χ1) is 9.29. The Hall–Kier alpha value is -1.34. The van der Waals surface area contributed by atoms with Crippen molar-refractivity contribution in [1.29, 1.82) is 0 Å². The van der Waals surface area contributed by atoms with E-state index in [1.54, 1.807) is 0 Å². The topological polar surface area (TPSA) is 38.7 Å². The van der Waals surface area contributed by atoms with Gasteiger partial charge in [0.15, 0.2) is 0 Å². The third kappa shape index (κ3) is 6.21. The van der Waals surface area contributed by atoms with Crippen LogP contribution in [-0.2, 0) is 4.74 Å². The molecule has 0 unspecified atom stereocenters. The number of halogens is 4. The van der Waals surface area contributed by atoms with E-state index in [2.05, 4.69) is 4.74 Å². The molecule has 0 heterocycles. The Morgan fingerprint density at radius 1 is 1.25 bits per heavy atom. The van der Waals surface area contributed by atoms with Crippen molar-refractivity contribution in [3.05, 3.63) is 29.6 Å². The van der Waals surface area contributed by atoms with E-state index in [1.165, 1.54) is 19.1 Å². The Labute approximate surface area is 114 Å². The van der Waals surface area contributed by atoms with Crippen molar-refractivity contribution in [2.45, 2.75) is 25.6 Å². The van der Waals surface area contributed by atoms with Gasteiger partial charge in [-0.15, -0.1) is 0 Å². The molecule has 1 atom stereocenters. The van der Waals surface area contributed by atoms with Gasteiger partial charge in [-0.05, 0) is 19.1 Å². The molecular formula is C13H16F4O3. The van der Waals surface area contributed by atoms with E-state index in [4.69, 9.17) is 4.74 Å². The first-order valence-electron chi connectivity index (χ1n) is 6.04. The fourth-order valence-electron chi connectivity index (χ4n) is 1.51.